The highest BCUT2D eigenvalue weighted by molar-refractivity contribution is 5.79. The molecule has 1 heterocycles. The summed E-state index contributed by atoms with van der Waals surface area (Å²) in [7, 11) is 0. The highest BCUT2D eigenvalue weighted by atomic mass is 16.1. The van der Waals surface area contributed by atoms with Crippen LogP contribution in [0.1, 0.15) is 5.69 Å². The lowest BCUT2D eigenvalue weighted by molar-refractivity contribution is -0.119. The minimum absolute atomic E-state index is 0.412. The van der Waals surface area contributed by atoms with Gasteiger partial charge in [-0.3, -0.25) is 4.79 Å². The lowest BCUT2D eigenvalue weighted by atomic mass is 10.2. The van der Waals surface area contributed by atoms with Gasteiger partial charge in [0.2, 0.25) is 5.91 Å². The quantitative estimate of drug-likeness (QED) is 0.508. The molecule has 0 aliphatic rings. The summed E-state index contributed by atoms with van der Waals surface area (Å²) in [6.45, 7) is 0. The number of nitrogens with zero attached hydrogens (tertiary/aromatic N) is 1. The molecule has 0 aliphatic heterocycles. The second-order valence-electron chi connectivity index (χ2n) is 2.29. The first-order valence-electron chi connectivity index (χ1n) is 3.22. The molecule has 1 amide bonds. The van der Waals surface area contributed by atoms with E-state index in [1.165, 1.54) is 6.33 Å². The maximum Gasteiger partial charge on any atom is 0.234 e. The van der Waals surface area contributed by atoms with E-state index in [2.05, 4.69) is 9.97 Å². The number of hydrogen-bond donors (Lipinski definition) is 3. The summed E-state index contributed by atoms with van der Waals surface area (Å²) >= 11 is 0. The third-order valence-corrected chi connectivity index (χ3v) is 1.36. The first-order chi connectivity index (χ1) is 5.20. The number of rotatable bonds is 3. The van der Waals surface area contributed by atoms with Crippen LogP contribution in [-0.2, 0) is 11.2 Å². The minimum Gasteiger partial charge on any atom is -0.368 e. The molecule has 0 radical (unpaired) electrons. The maximum atomic E-state index is 10.5. The normalized spacial score (nSPS) is 12.8. The Hall–Kier alpha value is -1.36. The number of carbonyl (C=O) groups is 1. The highest BCUT2D eigenvalue weighted by Gasteiger charge is 2.09. The number of amides is 1. The molecule has 0 fully saturated rings. The third kappa shape index (κ3) is 2.05. The predicted octanol–water partition coefficient (Wildman–Crippen LogP) is -1.24. The smallest absolute Gasteiger partial charge is 0.234 e. The summed E-state index contributed by atoms with van der Waals surface area (Å²) in [4.78, 5) is 17.1. The molecule has 60 valence electrons. The van der Waals surface area contributed by atoms with Crippen molar-refractivity contribution in [3.8, 4) is 0 Å². The van der Waals surface area contributed by atoms with Gasteiger partial charge in [0.25, 0.3) is 0 Å². The minimum atomic E-state index is -0.629. The molecule has 0 aliphatic carbocycles. The van der Waals surface area contributed by atoms with Crippen molar-refractivity contribution in [2.24, 2.45) is 11.5 Å². The SMILES string of the molecule is NC(=O)[C@H](N)Cc1cnc[nH]1. The average Bonchev–Trinajstić information content (AvgIpc) is 2.39. The predicted molar refractivity (Wildman–Crippen MR) is 39.5 cm³/mol. The van der Waals surface area contributed by atoms with E-state index in [1.807, 2.05) is 0 Å². The Morgan fingerprint density at radius 2 is 2.55 bits per heavy atom. The van der Waals surface area contributed by atoms with Gasteiger partial charge in [-0.2, -0.15) is 0 Å². The fourth-order valence-corrected chi connectivity index (χ4v) is 0.734. The number of nitrogens with two attached hydrogens (primary N) is 2. The molecule has 0 unspecified atom stereocenters. The van der Waals surface area contributed by atoms with Gasteiger partial charge in [-0.15, -0.1) is 0 Å². The molecule has 1 aromatic heterocycles. The average molecular weight is 154 g/mol. The molecular formula is C6H10N4O. The van der Waals surface area contributed by atoms with E-state index >= 15 is 0 Å². The number of H-pyrrole nitrogens is 1. The maximum absolute atomic E-state index is 10.5. The van der Waals surface area contributed by atoms with Crippen molar-refractivity contribution in [3.05, 3.63) is 18.2 Å². The number of aromatic amines is 1. The van der Waals surface area contributed by atoms with Crippen molar-refractivity contribution < 1.29 is 4.79 Å². The Morgan fingerprint density at radius 1 is 1.82 bits per heavy atom. The van der Waals surface area contributed by atoms with E-state index in [1.54, 1.807) is 6.20 Å². The molecule has 5 heteroatoms. The van der Waals surface area contributed by atoms with Crippen LogP contribution >= 0.6 is 0 Å². The molecule has 0 saturated heterocycles. The van der Waals surface area contributed by atoms with Gasteiger partial charge in [0, 0.05) is 18.3 Å². The van der Waals surface area contributed by atoms with Gasteiger partial charge in [0.15, 0.2) is 0 Å². The second-order valence-corrected chi connectivity index (χ2v) is 2.29. The number of carbonyl (C=O) groups excluding carboxylic acids is 1. The van der Waals surface area contributed by atoms with Crippen LogP contribution in [0.5, 0.6) is 0 Å². The van der Waals surface area contributed by atoms with Crippen molar-refractivity contribution >= 4 is 5.91 Å². The van der Waals surface area contributed by atoms with E-state index in [0.29, 0.717) is 6.42 Å². The fourth-order valence-electron chi connectivity index (χ4n) is 0.734. The first-order valence-corrected chi connectivity index (χ1v) is 3.22. The second kappa shape index (κ2) is 3.16. The van der Waals surface area contributed by atoms with Crippen molar-refractivity contribution in [2.75, 3.05) is 0 Å². The lowest BCUT2D eigenvalue weighted by Gasteiger charge is -2.03. The highest BCUT2D eigenvalue weighted by Crippen LogP contribution is 1.94. The van der Waals surface area contributed by atoms with Crippen LogP contribution in [0.2, 0.25) is 0 Å². The summed E-state index contributed by atoms with van der Waals surface area (Å²) < 4.78 is 0. The van der Waals surface area contributed by atoms with E-state index in [4.69, 9.17) is 11.5 Å². The van der Waals surface area contributed by atoms with Crippen molar-refractivity contribution in [1.29, 1.82) is 0 Å². The van der Waals surface area contributed by atoms with Gasteiger partial charge in [-0.25, -0.2) is 4.98 Å². The van der Waals surface area contributed by atoms with Gasteiger partial charge in [-0.05, 0) is 0 Å². The zero-order chi connectivity index (χ0) is 8.27. The Balaban J connectivity index is 2.50. The zero-order valence-corrected chi connectivity index (χ0v) is 5.95. The Labute approximate surface area is 63.8 Å². The van der Waals surface area contributed by atoms with Crippen LogP contribution in [0.3, 0.4) is 0 Å². The molecule has 1 rings (SSSR count). The summed E-state index contributed by atoms with van der Waals surface area (Å²) in [6.07, 6.45) is 3.56. The molecule has 11 heavy (non-hydrogen) atoms. The Kier molecular flexibility index (Phi) is 2.22. The molecule has 1 atom stereocenters. The van der Waals surface area contributed by atoms with Crippen LogP contribution < -0.4 is 11.5 Å². The largest absolute Gasteiger partial charge is 0.368 e. The summed E-state index contributed by atoms with van der Waals surface area (Å²) in [5, 5.41) is 0. The van der Waals surface area contributed by atoms with Gasteiger partial charge >= 0.3 is 0 Å². The van der Waals surface area contributed by atoms with Crippen LogP contribution in [-0.4, -0.2) is 21.9 Å². The number of primary amides is 1. The summed E-state index contributed by atoms with van der Waals surface area (Å²) in [5.41, 5.74) is 11.2. The van der Waals surface area contributed by atoms with Crippen molar-refractivity contribution in [1.82, 2.24) is 9.97 Å². The van der Waals surface area contributed by atoms with E-state index in [-0.39, 0.29) is 0 Å². The van der Waals surface area contributed by atoms with Crippen LogP contribution in [0, 0.1) is 0 Å². The van der Waals surface area contributed by atoms with Gasteiger partial charge < -0.3 is 16.5 Å². The van der Waals surface area contributed by atoms with Gasteiger partial charge in [0.1, 0.15) is 0 Å². The zero-order valence-electron chi connectivity index (χ0n) is 5.95. The molecule has 0 aromatic carbocycles. The standard InChI is InChI=1S/C6H10N4O/c7-5(6(8)11)1-4-2-9-3-10-4/h2-3,5H,1,7H2,(H2,8,11)(H,9,10)/t5-/m1/s1. The molecule has 1 aromatic rings. The first kappa shape index (κ1) is 7.74. The van der Waals surface area contributed by atoms with Crippen molar-refractivity contribution in [3.63, 3.8) is 0 Å². The Morgan fingerprint density at radius 3 is 3.00 bits per heavy atom. The summed E-state index contributed by atoms with van der Waals surface area (Å²) in [6, 6.07) is -0.629. The van der Waals surface area contributed by atoms with Crippen LogP contribution in [0.15, 0.2) is 12.5 Å². The molecule has 5 N–H and O–H groups in total. The Bertz CT molecular complexity index is 231. The molecule has 0 saturated carbocycles. The van der Waals surface area contributed by atoms with Crippen LogP contribution in [0.25, 0.3) is 0 Å². The monoisotopic (exact) mass is 154 g/mol. The fraction of sp³-hybridized carbons (Fsp3) is 0.333. The molecule has 5 nitrogen and oxygen atoms in total. The van der Waals surface area contributed by atoms with E-state index in [9.17, 15) is 4.79 Å². The van der Waals surface area contributed by atoms with E-state index < -0.39 is 11.9 Å². The van der Waals surface area contributed by atoms with Gasteiger partial charge in [0.05, 0.1) is 12.4 Å². The summed E-state index contributed by atoms with van der Waals surface area (Å²) in [5.74, 6) is -0.500. The third-order valence-electron chi connectivity index (χ3n) is 1.36. The number of aromatic nitrogens is 2. The molecule has 0 spiro atoms. The van der Waals surface area contributed by atoms with E-state index in [0.717, 1.165) is 5.69 Å². The lowest BCUT2D eigenvalue weighted by Crippen LogP contribution is -2.38. The number of nitrogens with one attached hydrogen (secondary N) is 1. The van der Waals surface area contributed by atoms with Gasteiger partial charge in [-0.1, -0.05) is 0 Å². The number of hydrogen-bond acceptors (Lipinski definition) is 3. The van der Waals surface area contributed by atoms with Crippen LogP contribution in [0.4, 0.5) is 0 Å². The van der Waals surface area contributed by atoms with Crippen molar-refractivity contribution in [2.45, 2.75) is 12.5 Å². The topological polar surface area (TPSA) is 97.8 Å². The molecular weight excluding hydrogens is 144 g/mol. The molecule has 0 bridgehead atoms. The number of imidazole rings is 1.